The van der Waals surface area contributed by atoms with Crippen LogP contribution in [0.25, 0.3) is 0 Å². The highest BCUT2D eigenvalue weighted by molar-refractivity contribution is 5.74. The lowest BCUT2D eigenvalue weighted by Crippen LogP contribution is -2.32. The number of hydrogen-bond donors (Lipinski definition) is 2. The van der Waals surface area contributed by atoms with Crippen molar-refractivity contribution in [2.24, 2.45) is 28.9 Å². The number of carboxylic acids is 1. The van der Waals surface area contributed by atoms with E-state index in [0.717, 1.165) is 19.3 Å². The Kier molecular flexibility index (Phi) is 1.88. The van der Waals surface area contributed by atoms with E-state index in [1.54, 1.807) is 0 Å². The Bertz CT molecular complexity index is 241. The third-order valence-corrected chi connectivity index (χ3v) is 4.01. The zero-order chi connectivity index (χ0) is 9.64. The number of aliphatic carboxylic acids is 1. The molecule has 3 heteroatoms. The van der Waals surface area contributed by atoms with Gasteiger partial charge in [0, 0.05) is 0 Å². The zero-order valence-electron chi connectivity index (χ0n) is 7.99. The van der Waals surface area contributed by atoms with Crippen LogP contribution in [-0.2, 0) is 4.79 Å². The van der Waals surface area contributed by atoms with Crippen LogP contribution in [0.2, 0.25) is 0 Å². The van der Waals surface area contributed by atoms with E-state index in [1.165, 1.54) is 0 Å². The standard InChI is InChI=1S/C10H17NO2/c1-10(5-11)4-2-3-6-7(8(6)10)9(12)13/h6-8H,2-5,11H2,1H3,(H,12,13). The predicted octanol–water partition coefficient (Wildman–Crippen LogP) is 1.08. The maximum Gasteiger partial charge on any atom is 0.307 e. The summed E-state index contributed by atoms with van der Waals surface area (Å²) in [6, 6.07) is 0. The summed E-state index contributed by atoms with van der Waals surface area (Å²) in [6.07, 6.45) is 3.35. The smallest absolute Gasteiger partial charge is 0.307 e. The third kappa shape index (κ3) is 1.17. The van der Waals surface area contributed by atoms with Crippen LogP contribution in [-0.4, -0.2) is 17.6 Å². The first kappa shape index (κ1) is 9.00. The molecule has 0 radical (unpaired) electrons. The Morgan fingerprint density at radius 3 is 2.92 bits per heavy atom. The van der Waals surface area contributed by atoms with Crippen molar-refractivity contribution in [3.8, 4) is 0 Å². The van der Waals surface area contributed by atoms with E-state index < -0.39 is 5.97 Å². The van der Waals surface area contributed by atoms with Crippen LogP contribution in [0.3, 0.4) is 0 Å². The van der Waals surface area contributed by atoms with E-state index in [9.17, 15) is 4.79 Å². The average molecular weight is 183 g/mol. The molecule has 74 valence electrons. The minimum Gasteiger partial charge on any atom is -0.481 e. The van der Waals surface area contributed by atoms with E-state index in [1.807, 2.05) is 0 Å². The largest absolute Gasteiger partial charge is 0.481 e. The second-order valence-electron chi connectivity index (χ2n) is 4.80. The minimum absolute atomic E-state index is 0.0870. The van der Waals surface area contributed by atoms with Crippen LogP contribution in [0.15, 0.2) is 0 Å². The van der Waals surface area contributed by atoms with Gasteiger partial charge in [0.05, 0.1) is 5.92 Å². The van der Waals surface area contributed by atoms with E-state index in [2.05, 4.69) is 6.92 Å². The molecular formula is C10H17NO2. The number of nitrogens with two attached hydrogens (primary N) is 1. The number of carbonyl (C=O) groups is 1. The lowest BCUT2D eigenvalue weighted by molar-refractivity contribution is -0.139. The van der Waals surface area contributed by atoms with Gasteiger partial charge >= 0.3 is 5.97 Å². The van der Waals surface area contributed by atoms with Crippen molar-refractivity contribution in [1.29, 1.82) is 0 Å². The minimum atomic E-state index is -0.614. The molecule has 0 saturated heterocycles. The predicted molar refractivity (Wildman–Crippen MR) is 49.1 cm³/mol. The number of carboxylic acid groups (broad SMARTS) is 1. The van der Waals surface area contributed by atoms with Crippen LogP contribution in [0.1, 0.15) is 26.2 Å². The van der Waals surface area contributed by atoms with Gasteiger partial charge in [-0.3, -0.25) is 4.79 Å². The number of rotatable bonds is 2. The van der Waals surface area contributed by atoms with Crippen LogP contribution in [0, 0.1) is 23.2 Å². The molecule has 4 unspecified atom stereocenters. The molecule has 0 aromatic heterocycles. The Morgan fingerprint density at radius 2 is 2.38 bits per heavy atom. The van der Waals surface area contributed by atoms with Gasteiger partial charge in [-0.2, -0.15) is 0 Å². The SMILES string of the molecule is CC1(CN)CCCC2C(C(=O)O)C21. The molecule has 0 bridgehead atoms. The summed E-state index contributed by atoms with van der Waals surface area (Å²) in [6.45, 7) is 2.78. The van der Waals surface area contributed by atoms with Crippen molar-refractivity contribution in [3.05, 3.63) is 0 Å². The molecule has 2 aliphatic rings. The van der Waals surface area contributed by atoms with Crippen molar-refractivity contribution in [3.63, 3.8) is 0 Å². The molecule has 2 fully saturated rings. The lowest BCUT2D eigenvalue weighted by atomic mass is 9.75. The summed E-state index contributed by atoms with van der Waals surface area (Å²) in [5.41, 5.74) is 5.83. The van der Waals surface area contributed by atoms with Crippen molar-refractivity contribution >= 4 is 5.97 Å². The second-order valence-corrected chi connectivity index (χ2v) is 4.80. The molecule has 0 aliphatic heterocycles. The molecule has 3 nitrogen and oxygen atoms in total. The second kappa shape index (κ2) is 2.71. The molecule has 2 saturated carbocycles. The highest BCUT2D eigenvalue weighted by Gasteiger charge is 2.63. The Balaban J connectivity index is 2.14. The van der Waals surface area contributed by atoms with Gasteiger partial charge in [0.2, 0.25) is 0 Å². The molecule has 0 heterocycles. The molecule has 2 rings (SSSR count). The van der Waals surface area contributed by atoms with Gasteiger partial charge in [0.1, 0.15) is 0 Å². The van der Waals surface area contributed by atoms with Crippen molar-refractivity contribution in [2.75, 3.05) is 6.54 Å². The maximum absolute atomic E-state index is 10.9. The summed E-state index contributed by atoms with van der Waals surface area (Å²) in [5.74, 6) is 0.0937. The van der Waals surface area contributed by atoms with E-state index in [4.69, 9.17) is 10.8 Å². The molecule has 0 amide bonds. The fourth-order valence-electron chi connectivity index (χ4n) is 3.17. The Morgan fingerprint density at radius 1 is 1.69 bits per heavy atom. The fraction of sp³-hybridized carbons (Fsp3) is 0.900. The monoisotopic (exact) mass is 183 g/mol. The molecule has 13 heavy (non-hydrogen) atoms. The zero-order valence-corrected chi connectivity index (χ0v) is 7.99. The lowest BCUT2D eigenvalue weighted by Gasteiger charge is -2.31. The first-order chi connectivity index (χ1) is 6.10. The quantitative estimate of drug-likeness (QED) is 0.673. The summed E-state index contributed by atoms with van der Waals surface area (Å²) < 4.78 is 0. The number of fused-ring (bicyclic) bond motifs is 1. The van der Waals surface area contributed by atoms with Crippen LogP contribution >= 0.6 is 0 Å². The molecule has 0 aromatic carbocycles. The van der Waals surface area contributed by atoms with E-state index in [0.29, 0.717) is 18.4 Å². The van der Waals surface area contributed by atoms with Gasteiger partial charge in [0.25, 0.3) is 0 Å². The van der Waals surface area contributed by atoms with Gasteiger partial charge in [0.15, 0.2) is 0 Å². The van der Waals surface area contributed by atoms with Gasteiger partial charge < -0.3 is 10.8 Å². The Hall–Kier alpha value is -0.570. The van der Waals surface area contributed by atoms with Crippen LogP contribution in [0.5, 0.6) is 0 Å². The van der Waals surface area contributed by atoms with Crippen LogP contribution < -0.4 is 5.73 Å². The topological polar surface area (TPSA) is 63.3 Å². The molecule has 3 N–H and O–H groups in total. The third-order valence-electron chi connectivity index (χ3n) is 4.01. The maximum atomic E-state index is 10.9. The van der Waals surface area contributed by atoms with Crippen molar-refractivity contribution < 1.29 is 9.90 Å². The van der Waals surface area contributed by atoms with Crippen LogP contribution in [0.4, 0.5) is 0 Å². The first-order valence-corrected chi connectivity index (χ1v) is 5.03. The highest BCUT2D eigenvalue weighted by atomic mass is 16.4. The normalized spacial score (nSPS) is 48.3. The number of hydrogen-bond acceptors (Lipinski definition) is 2. The summed E-state index contributed by atoms with van der Waals surface area (Å²) >= 11 is 0. The summed E-state index contributed by atoms with van der Waals surface area (Å²) in [7, 11) is 0. The summed E-state index contributed by atoms with van der Waals surface area (Å²) in [4.78, 5) is 10.9. The van der Waals surface area contributed by atoms with Gasteiger partial charge in [-0.25, -0.2) is 0 Å². The first-order valence-electron chi connectivity index (χ1n) is 5.03. The van der Waals surface area contributed by atoms with Crippen molar-refractivity contribution in [2.45, 2.75) is 26.2 Å². The molecule has 2 aliphatic carbocycles. The molecule has 0 aromatic rings. The van der Waals surface area contributed by atoms with E-state index in [-0.39, 0.29) is 11.3 Å². The summed E-state index contributed by atoms with van der Waals surface area (Å²) in [5, 5.41) is 8.97. The van der Waals surface area contributed by atoms with Crippen molar-refractivity contribution in [1.82, 2.24) is 0 Å². The van der Waals surface area contributed by atoms with E-state index >= 15 is 0 Å². The Labute approximate surface area is 78.3 Å². The molecular weight excluding hydrogens is 166 g/mol. The average Bonchev–Trinajstić information content (AvgIpc) is 2.80. The highest BCUT2D eigenvalue weighted by Crippen LogP contribution is 2.63. The van der Waals surface area contributed by atoms with Gasteiger partial charge in [-0.15, -0.1) is 0 Å². The fourth-order valence-corrected chi connectivity index (χ4v) is 3.17. The molecule has 4 atom stereocenters. The molecule has 0 spiro atoms. The van der Waals surface area contributed by atoms with Gasteiger partial charge in [-0.1, -0.05) is 13.3 Å². The van der Waals surface area contributed by atoms with Gasteiger partial charge in [-0.05, 0) is 36.6 Å².